The summed E-state index contributed by atoms with van der Waals surface area (Å²) in [5.74, 6) is -0.699. The fourth-order valence-electron chi connectivity index (χ4n) is 3.49. The normalized spacial score (nSPS) is 16.9. The molecule has 0 aromatic heterocycles. The molecule has 0 atom stereocenters. The molecule has 0 aliphatic carbocycles. The summed E-state index contributed by atoms with van der Waals surface area (Å²) in [5.41, 5.74) is -0.617. The van der Waals surface area contributed by atoms with E-state index in [9.17, 15) is 9.59 Å². The number of alkyl carbamates (subject to hydrolysis) is 1. The van der Waals surface area contributed by atoms with Crippen molar-refractivity contribution in [3.8, 4) is 0 Å². The standard InChI is InChI=1S/C20H38N2O4/c1-19(2,3)26-18(25)22-20(13-15-21-16-14-20)12-10-8-6-4-5-7-9-11-17(23)24/h21H,4-16H2,1-3H3,(H,22,25)(H,23,24). The van der Waals surface area contributed by atoms with Gasteiger partial charge < -0.3 is 20.5 Å². The maximum absolute atomic E-state index is 12.2. The van der Waals surface area contributed by atoms with Crippen LogP contribution in [0, 0.1) is 0 Å². The lowest BCUT2D eigenvalue weighted by atomic mass is 9.83. The highest BCUT2D eigenvalue weighted by molar-refractivity contribution is 5.68. The van der Waals surface area contributed by atoms with Gasteiger partial charge in [-0.15, -0.1) is 0 Å². The highest BCUT2D eigenvalue weighted by Gasteiger charge is 2.34. The van der Waals surface area contributed by atoms with E-state index in [1.807, 2.05) is 20.8 Å². The lowest BCUT2D eigenvalue weighted by molar-refractivity contribution is -0.137. The molecular formula is C20H38N2O4. The summed E-state index contributed by atoms with van der Waals surface area (Å²) in [7, 11) is 0. The van der Waals surface area contributed by atoms with Gasteiger partial charge in [-0.2, -0.15) is 0 Å². The monoisotopic (exact) mass is 370 g/mol. The van der Waals surface area contributed by atoms with E-state index in [4.69, 9.17) is 9.84 Å². The minimum atomic E-state index is -0.699. The van der Waals surface area contributed by atoms with Crippen LogP contribution >= 0.6 is 0 Å². The number of rotatable bonds is 11. The van der Waals surface area contributed by atoms with Gasteiger partial charge in [0.25, 0.3) is 0 Å². The average molecular weight is 371 g/mol. The number of hydrogen-bond donors (Lipinski definition) is 3. The van der Waals surface area contributed by atoms with Gasteiger partial charge in [0.2, 0.25) is 0 Å². The molecule has 6 heteroatoms. The van der Waals surface area contributed by atoms with Gasteiger partial charge >= 0.3 is 12.1 Å². The van der Waals surface area contributed by atoms with E-state index in [1.54, 1.807) is 0 Å². The molecule has 1 aliphatic rings. The average Bonchev–Trinajstić information content (AvgIpc) is 2.52. The van der Waals surface area contributed by atoms with Crippen molar-refractivity contribution < 1.29 is 19.4 Å². The van der Waals surface area contributed by atoms with Gasteiger partial charge in [0.05, 0.1) is 0 Å². The van der Waals surface area contributed by atoms with Crippen LogP contribution in [0.1, 0.15) is 91.4 Å². The SMILES string of the molecule is CC(C)(C)OC(=O)NC1(CCCCCCCCCC(=O)O)CCNCC1. The highest BCUT2D eigenvalue weighted by atomic mass is 16.6. The Morgan fingerprint density at radius 3 is 2.08 bits per heavy atom. The van der Waals surface area contributed by atoms with E-state index in [2.05, 4.69) is 10.6 Å². The summed E-state index contributed by atoms with van der Waals surface area (Å²) in [6, 6.07) is 0. The van der Waals surface area contributed by atoms with Gasteiger partial charge in [0, 0.05) is 12.0 Å². The van der Waals surface area contributed by atoms with Crippen molar-refractivity contribution in [1.82, 2.24) is 10.6 Å². The van der Waals surface area contributed by atoms with Crippen molar-refractivity contribution in [1.29, 1.82) is 0 Å². The second-order valence-electron chi connectivity index (χ2n) is 8.53. The van der Waals surface area contributed by atoms with Gasteiger partial charge in [0.1, 0.15) is 5.60 Å². The van der Waals surface area contributed by atoms with Crippen LogP contribution in [0.15, 0.2) is 0 Å². The fourth-order valence-corrected chi connectivity index (χ4v) is 3.49. The zero-order valence-corrected chi connectivity index (χ0v) is 16.9. The largest absolute Gasteiger partial charge is 0.481 e. The molecule has 1 fully saturated rings. The molecule has 26 heavy (non-hydrogen) atoms. The molecule has 0 radical (unpaired) electrons. The van der Waals surface area contributed by atoms with Crippen molar-refractivity contribution in [2.45, 2.75) is 103 Å². The molecule has 1 amide bonds. The van der Waals surface area contributed by atoms with Crippen molar-refractivity contribution in [2.75, 3.05) is 13.1 Å². The van der Waals surface area contributed by atoms with Crippen LogP contribution in [0.5, 0.6) is 0 Å². The smallest absolute Gasteiger partial charge is 0.408 e. The molecule has 1 rings (SSSR count). The molecular weight excluding hydrogens is 332 g/mol. The molecule has 0 unspecified atom stereocenters. The van der Waals surface area contributed by atoms with Crippen LogP contribution in [0.4, 0.5) is 4.79 Å². The van der Waals surface area contributed by atoms with Gasteiger partial charge in [-0.1, -0.05) is 38.5 Å². The Kier molecular flexibility index (Phi) is 9.99. The summed E-state index contributed by atoms with van der Waals surface area (Å²) in [4.78, 5) is 22.7. The number of piperidine rings is 1. The number of nitrogens with one attached hydrogen (secondary N) is 2. The number of carboxylic acids is 1. The quantitative estimate of drug-likeness (QED) is 0.474. The molecule has 1 heterocycles. The topological polar surface area (TPSA) is 87.7 Å². The zero-order chi connectivity index (χ0) is 19.5. The lowest BCUT2D eigenvalue weighted by Crippen LogP contribution is -2.55. The fraction of sp³-hybridized carbons (Fsp3) is 0.900. The predicted molar refractivity (Wildman–Crippen MR) is 103 cm³/mol. The molecule has 1 saturated heterocycles. The third-order valence-corrected chi connectivity index (χ3v) is 4.87. The Bertz CT molecular complexity index is 426. The number of unbranched alkanes of at least 4 members (excludes halogenated alkanes) is 6. The molecule has 6 nitrogen and oxygen atoms in total. The minimum Gasteiger partial charge on any atom is -0.481 e. The summed E-state index contributed by atoms with van der Waals surface area (Å²) < 4.78 is 5.45. The van der Waals surface area contributed by atoms with E-state index in [1.165, 1.54) is 6.42 Å². The molecule has 152 valence electrons. The maximum atomic E-state index is 12.2. The van der Waals surface area contributed by atoms with E-state index < -0.39 is 11.6 Å². The van der Waals surface area contributed by atoms with E-state index >= 15 is 0 Å². The summed E-state index contributed by atoms with van der Waals surface area (Å²) >= 11 is 0. The van der Waals surface area contributed by atoms with Crippen molar-refractivity contribution in [2.24, 2.45) is 0 Å². The van der Waals surface area contributed by atoms with Gasteiger partial charge in [0.15, 0.2) is 0 Å². The first kappa shape index (κ1) is 22.7. The molecule has 0 saturated carbocycles. The first-order valence-corrected chi connectivity index (χ1v) is 10.2. The van der Waals surface area contributed by atoms with Crippen molar-refractivity contribution >= 4 is 12.1 Å². The number of amides is 1. The molecule has 0 spiro atoms. The second kappa shape index (κ2) is 11.4. The van der Waals surface area contributed by atoms with E-state index in [-0.39, 0.29) is 18.1 Å². The van der Waals surface area contributed by atoms with Crippen LogP contribution in [0.3, 0.4) is 0 Å². The van der Waals surface area contributed by atoms with Crippen molar-refractivity contribution in [3.63, 3.8) is 0 Å². The number of aliphatic carboxylic acids is 1. The first-order valence-electron chi connectivity index (χ1n) is 10.2. The molecule has 0 bridgehead atoms. The van der Waals surface area contributed by atoms with Gasteiger partial charge in [-0.25, -0.2) is 4.79 Å². The number of carbonyl (C=O) groups excluding carboxylic acids is 1. The maximum Gasteiger partial charge on any atom is 0.408 e. The summed E-state index contributed by atoms with van der Waals surface area (Å²) in [6.07, 6.45) is 10.4. The molecule has 1 aliphatic heterocycles. The number of carboxylic acid groups (broad SMARTS) is 1. The minimum absolute atomic E-state index is 0.144. The Morgan fingerprint density at radius 1 is 1.00 bits per heavy atom. The highest BCUT2D eigenvalue weighted by Crippen LogP contribution is 2.26. The zero-order valence-electron chi connectivity index (χ0n) is 16.9. The van der Waals surface area contributed by atoms with E-state index in [0.717, 1.165) is 70.9 Å². The predicted octanol–water partition coefficient (Wildman–Crippen LogP) is 4.23. The Morgan fingerprint density at radius 2 is 1.54 bits per heavy atom. The Balaban J connectivity index is 2.25. The molecule has 0 aromatic rings. The van der Waals surface area contributed by atoms with Crippen LogP contribution in [-0.2, 0) is 9.53 Å². The van der Waals surface area contributed by atoms with Crippen LogP contribution < -0.4 is 10.6 Å². The summed E-state index contributed by atoms with van der Waals surface area (Å²) in [6.45, 7) is 7.52. The number of carbonyl (C=O) groups is 2. The third-order valence-electron chi connectivity index (χ3n) is 4.87. The Hall–Kier alpha value is -1.30. The van der Waals surface area contributed by atoms with Crippen LogP contribution in [0.2, 0.25) is 0 Å². The molecule has 3 N–H and O–H groups in total. The lowest BCUT2D eigenvalue weighted by Gasteiger charge is -2.39. The van der Waals surface area contributed by atoms with Crippen molar-refractivity contribution in [3.05, 3.63) is 0 Å². The first-order chi connectivity index (χ1) is 12.2. The third kappa shape index (κ3) is 10.6. The second-order valence-corrected chi connectivity index (χ2v) is 8.53. The summed E-state index contributed by atoms with van der Waals surface area (Å²) in [5, 5.41) is 15.1. The Labute approximate surface area is 158 Å². The number of ether oxygens (including phenoxy) is 1. The van der Waals surface area contributed by atoms with Gasteiger partial charge in [-0.3, -0.25) is 4.79 Å². The van der Waals surface area contributed by atoms with Crippen LogP contribution in [-0.4, -0.2) is 41.4 Å². The van der Waals surface area contributed by atoms with Crippen LogP contribution in [0.25, 0.3) is 0 Å². The number of hydrogen-bond acceptors (Lipinski definition) is 4. The van der Waals surface area contributed by atoms with E-state index in [0.29, 0.717) is 0 Å². The van der Waals surface area contributed by atoms with Gasteiger partial charge in [-0.05, 0) is 59.5 Å². The molecule has 0 aromatic carbocycles.